The van der Waals surface area contributed by atoms with Crippen LogP contribution >= 0.6 is 0 Å². The van der Waals surface area contributed by atoms with Gasteiger partial charge in [0.15, 0.2) is 0 Å². The number of amides is 2. The Hall–Kier alpha value is -2.18. The van der Waals surface area contributed by atoms with Crippen LogP contribution < -0.4 is 10.6 Å². The van der Waals surface area contributed by atoms with Gasteiger partial charge in [-0.25, -0.2) is 9.97 Å². The van der Waals surface area contributed by atoms with E-state index in [1.54, 1.807) is 18.5 Å². The first-order chi connectivity index (χ1) is 11.2. The third-order valence-corrected chi connectivity index (χ3v) is 4.57. The molecule has 0 aromatic carbocycles. The van der Waals surface area contributed by atoms with Crippen molar-refractivity contribution >= 4 is 17.8 Å². The Balaban J connectivity index is 1.39. The molecule has 1 saturated heterocycles. The zero-order valence-corrected chi connectivity index (χ0v) is 13.2. The number of carbonyl (C=O) groups excluding carboxylic acids is 2. The molecule has 0 spiro atoms. The van der Waals surface area contributed by atoms with Crippen LogP contribution in [0.4, 0.5) is 5.95 Å². The zero-order chi connectivity index (χ0) is 16.1. The normalized spacial score (nSPS) is 21.7. The Kier molecular flexibility index (Phi) is 5.05. The molecular formula is C16H23N5O2. The molecule has 3 rings (SSSR count). The van der Waals surface area contributed by atoms with Gasteiger partial charge in [-0.2, -0.15) is 0 Å². The van der Waals surface area contributed by atoms with Crippen LogP contribution in [0.5, 0.6) is 0 Å². The van der Waals surface area contributed by atoms with Crippen LogP contribution in [-0.2, 0) is 9.59 Å². The molecule has 2 amide bonds. The van der Waals surface area contributed by atoms with E-state index < -0.39 is 0 Å². The number of likely N-dealkylation sites (tertiary alicyclic amines) is 1. The summed E-state index contributed by atoms with van der Waals surface area (Å²) >= 11 is 0. The molecule has 7 nitrogen and oxygen atoms in total. The Morgan fingerprint density at radius 2 is 1.96 bits per heavy atom. The van der Waals surface area contributed by atoms with E-state index >= 15 is 0 Å². The van der Waals surface area contributed by atoms with E-state index in [-0.39, 0.29) is 17.7 Å². The van der Waals surface area contributed by atoms with Crippen molar-refractivity contribution in [3.05, 3.63) is 18.5 Å². The average Bonchev–Trinajstić information content (AvgIpc) is 3.21. The van der Waals surface area contributed by atoms with Gasteiger partial charge in [0.2, 0.25) is 17.8 Å². The van der Waals surface area contributed by atoms with Crippen molar-refractivity contribution in [2.45, 2.75) is 38.1 Å². The fraction of sp³-hybridized carbons (Fsp3) is 0.625. The Labute approximate surface area is 135 Å². The molecule has 2 fully saturated rings. The maximum Gasteiger partial charge on any atom is 0.225 e. The molecule has 2 aliphatic rings. The highest BCUT2D eigenvalue weighted by atomic mass is 16.2. The van der Waals surface area contributed by atoms with Crippen LogP contribution in [0.15, 0.2) is 18.5 Å². The Morgan fingerprint density at radius 1 is 1.22 bits per heavy atom. The van der Waals surface area contributed by atoms with Gasteiger partial charge in [0.1, 0.15) is 0 Å². The van der Waals surface area contributed by atoms with E-state index in [0.29, 0.717) is 38.0 Å². The van der Waals surface area contributed by atoms with Gasteiger partial charge < -0.3 is 15.5 Å². The first kappa shape index (κ1) is 15.7. The molecule has 1 aromatic heterocycles. The molecule has 1 aliphatic heterocycles. The van der Waals surface area contributed by atoms with Gasteiger partial charge >= 0.3 is 0 Å². The summed E-state index contributed by atoms with van der Waals surface area (Å²) in [5, 5.41) is 5.93. The van der Waals surface area contributed by atoms with Crippen LogP contribution in [0.3, 0.4) is 0 Å². The number of hydrogen-bond acceptors (Lipinski definition) is 5. The first-order valence-corrected chi connectivity index (χ1v) is 8.32. The molecule has 7 heteroatoms. The van der Waals surface area contributed by atoms with E-state index in [4.69, 9.17) is 0 Å². The zero-order valence-electron chi connectivity index (χ0n) is 13.2. The minimum atomic E-state index is -0.212. The molecule has 2 N–H and O–H groups in total. The molecular weight excluding hydrogens is 294 g/mol. The summed E-state index contributed by atoms with van der Waals surface area (Å²) in [5.74, 6) is 0.434. The summed E-state index contributed by atoms with van der Waals surface area (Å²) in [6.45, 7) is 1.62. The van der Waals surface area contributed by atoms with Gasteiger partial charge in [0, 0.05) is 44.5 Å². The van der Waals surface area contributed by atoms with E-state index in [2.05, 4.69) is 20.6 Å². The highest BCUT2D eigenvalue weighted by Crippen LogP contribution is 2.29. The predicted molar refractivity (Wildman–Crippen MR) is 85.6 cm³/mol. The second-order valence-electron chi connectivity index (χ2n) is 6.18. The van der Waals surface area contributed by atoms with Gasteiger partial charge in [-0.15, -0.1) is 0 Å². The maximum absolute atomic E-state index is 12.2. The topological polar surface area (TPSA) is 87.2 Å². The van der Waals surface area contributed by atoms with E-state index in [1.165, 1.54) is 12.8 Å². The number of hydrogen-bond donors (Lipinski definition) is 2. The van der Waals surface area contributed by atoms with Crippen molar-refractivity contribution in [3.63, 3.8) is 0 Å². The molecule has 1 saturated carbocycles. The largest absolute Gasteiger partial charge is 0.354 e. The average molecular weight is 317 g/mol. The lowest BCUT2D eigenvalue weighted by atomic mass is 10.1. The minimum Gasteiger partial charge on any atom is -0.354 e. The second-order valence-corrected chi connectivity index (χ2v) is 6.18. The number of nitrogens with zero attached hydrogens (tertiary/aromatic N) is 3. The molecule has 1 aromatic rings. The lowest BCUT2D eigenvalue weighted by Gasteiger charge is -2.23. The van der Waals surface area contributed by atoms with Gasteiger partial charge in [0.25, 0.3) is 0 Å². The van der Waals surface area contributed by atoms with Gasteiger partial charge in [0.05, 0.1) is 5.92 Å². The lowest BCUT2D eigenvalue weighted by Crippen LogP contribution is -2.38. The number of nitrogens with one attached hydrogen (secondary N) is 2. The summed E-state index contributed by atoms with van der Waals surface area (Å²) in [5.41, 5.74) is 0. The van der Waals surface area contributed by atoms with E-state index in [9.17, 15) is 9.59 Å². The summed E-state index contributed by atoms with van der Waals surface area (Å²) in [7, 11) is 0. The summed E-state index contributed by atoms with van der Waals surface area (Å²) in [6.07, 6.45) is 8.22. The number of carbonyl (C=O) groups is 2. The predicted octanol–water partition coefficient (Wildman–Crippen LogP) is 0.796. The lowest BCUT2D eigenvalue weighted by molar-refractivity contribution is -0.130. The van der Waals surface area contributed by atoms with Crippen LogP contribution in [0.25, 0.3) is 0 Å². The van der Waals surface area contributed by atoms with Crippen LogP contribution in [-0.4, -0.2) is 52.4 Å². The monoisotopic (exact) mass is 317 g/mol. The number of anilines is 1. The molecule has 1 unspecified atom stereocenters. The van der Waals surface area contributed by atoms with Crippen molar-refractivity contribution in [1.82, 2.24) is 20.2 Å². The standard InChI is InChI=1S/C16H23N5O2/c22-14-10-12(11-21(14)13-4-1-2-5-13)15(23)17-8-9-20-16-18-6-3-7-19-16/h3,6-7,12-13H,1-2,4-5,8-11H2,(H,17,23)(H,18,19,20). The number of aromatic nitrogens is 2. The van der Waals surface area contributed by atoms with E-state index in [1.807, 2.05) is 4.90 Å². The molecule has 2 heterocycles. The van der Waals surface area contributed by atoms with Gasteiger partial charge in [-0.1, -0.05) is 12.8 Å². The molecule has 1 aliphatic carbocycles. The second kappa shape index (κ2) is 7.39. The summed E-state index contributed by atoms with van der Waals surface area (Å²) < 4.78 is 0. The molecule has 0 bridgehead atoms. The van der Waals surface area contributed by atoms with Crippen molar-refractivity contribution in [3.8, 4) is 0 Å². The fourth-order valence-electron chi connectivity index (χ4n) is 3.37. The Bertz CT molecular complexity index is 545. The smallest absolute Gasteiger partial charge is 0.225 e. The molecule has 124 valence electrons. The number of rotatable bonds is 6. The molecule has 0 radical (unpaired) electrons. The van der Waals surface area contributed by atoms with Crippen LogP contribution in [0, 0.1) is 5.92 Å². The highest BCUT2D eigenvalue weighted by Gasteiger charge is 2.38. The Morgan fingerprint density at radius 3 is 2.70 bits per heavy atom. The third-order valence-electron chi connectivity index (χ3n) is 4.57. The van der Waals surface area contributed by atoms with Crippen molar-refractivity contribution in [1.29, 1.82) is 0 Å². The molecule has 23 heavy (non-hydrogen) atoms. The van der Waals surface area contributed by atoms with Crippen molar-refractivity contribution in [2.24, 2.45) is 5.92 Å². The van der Waals surface area contributed by atoms with Crippen molar-refractivity contribution < 1.29 is 9.59 Å². The fourth-order valence-corrected chi connectivity index (χ4v) is 3.37. The molecule has 1 atom stereocenters. The van der Waals surface area contributed by atoms with Crippen molar-refractivity contribution in [2.75, 3.05) is 25.0 Å². The quantitative estimate of drug-likeness (QED) is 0.758. The maximum atomic E-state index is 12.2. The SMILES string of the molecule is O=C(NCCNc1ncccn1)C1CC(=O)N(C2CCCC2)C1. The first-order valence-electron chi connectivity index (χ1n) is 8.32. The van der Waals surface area contributed by atoms with Crippen LogP contribution in [0.2, 0.25) is 0 Å². The summed E-state index contributed by atoms with van der Waals surface area (Å²) in [6, 6.07) is 2.11. The minimum absolute atomic E-state index is 0.0328. The van der Waals surface area contributed by atoms with E-state index in [0.717, 1.165) is 12.8 Å². The van der Waals surface area contributed by atoms with Gasteiger partial charge in [-0.3, -0.25) is 9.59 Å². The summed E-state index contributed by atoms with van der Waals surface area (Å²) in [4.78, 5) is 34.3. The highest BCUT2D eigenvalue weighted by molar-refractivity contribution is 5.89. The third kappa shape index (κ3) is 3.97. The van der Waals surface area contributed by atoms with Crippen LogP contribution in [0.1, 0.15) is 32.1 Å². The van der Waals surface area contributed by atoms with Gasteiger partial charge in [-0.05, 0) is 18.9 Å².